The largest absolute Gasteiger partial charge is 0.374 e. The molecule has 2 aromatic carbocycles. The van der Waals surface area contributed by atoms with Crippen LogP contribution in [0.2, 0.25) is 0 Å². The number of hydrogen-bond donors (Lipinski definition) is 1. The monoisotopic (exact) mass is 375 g/mol. The fraction of sp³-hybridized carbons (Fsp3) is 0.174. The van der Waals surface area contributed by atoms with Gasteiger partial charge in [0.15, 0.2) is 17.4 Å². The lowest BCUT2D eigenvalue weighted by Crippen LogP contribution is -2.51. The summed E-state index contributed by atoms with van der Waals surface area (Å²) in [5.41, 5.74) is 3.94. The summed E-state index contributed by atoms with van der Waals surface area (Å²) in [6.45, 7) is 4.66. The van der Waals surface area contributed by atoms with Crippen LogP contribution in [0.25, 0.3) is 11.1 Å². The Morgan fingerprint density at radius 1 is 1.00 bits per heavy atom. The second-order valence-electron chi connectivity index (χ2n) is 6.43. The summed E-state index contributed by atoms with van der Waals surface area (Å²) < 4.78 is 1.88. The van der Waals surface area contributed by atoms with Crippen LogP contribution in [-0.4, -0.2) is 17.3 Å². The molecule has 0 radical (unpaired) electrons. The maximum absolute atomic E-state index is 13.3. The average molecular weight is 376 g/mol. The first kappa shape index (κ1) is 18.9. The quantitative estimate of drug-likeness (QED) is 0.396. The number of aryl methyl sites for hydroxylation is 1. The molecule has 0 aliphatic rings. The van der Waals surface area contributed by atoms with Gasteiger partial charge in [0.2, 0.25) is 5.78 Å². The van der Waals surface area contributed by atoms with E-state index in [0.717, 1.165) is 16.7 Å². The van der Waals surface area contributed by atoms with Crippen molar-refractivity contribution in [3.8, 4) is 11.1 Å². The number of carbonyl (C=O) groups excluding carboxylic acids is 1. The van der Waals surface area contributed by atoms with Crippen LogP contribution in [0.3, 0.4) is 0 Å². The van der Waals surface area contributed by atoms with Crippen molar-refractivity contribution in [2.24, 2.45) is 0 Å². The Morgan fingerprint density at radius 2 is 1.67 bits per heavy atom. The summed E-state index contributed by atoms with van der Waals surface area (Å²) in [7, 11) is 0. The predicted molar refractivity (Wildman–Crippen MR) is 113 cm³/mol. The molecule has 3 nitrogen and oxygen atoms in total. The van der Waals surface area contributed by atoms with E-state index in [1.165, 1.54) is 0 Å². The number of thiocarbonyl (C=S) groups is 1. The molecule has 3 aromatic rings. The second-order valence-corrected chi connectivity index (χ2v) is 6.87. The number of hydrogen-bond acceptors (Lipinski definition) is 2. The number of rotatable bonds is 6. The van der Waals surface area contributed by atoms with Crippen LogP contribution in [-0.2, 0) is 0 Å². The molecule has 0 spiro atoms. The van der Waals surface area contributed by atoms with Gasteiger partial charge in [0.25, 0.3) is 6.04 Å². The minimum atomic E-state index is -0.553. The highest BCUT2D eigenvalue weighted by atomic mass is 32.1. The molecule has 27 heavy (non-hydrogen) atoms. The summed E-state index contributed by atoms with van der Waals surface area (Å²) >= 11 is 5.53. The number of aromatic nitrogens is 1. The van der Waals surface area contributed by atoms with Crippen molar-refractivity contribution in [1.82, 2.24) is 5.32 Å². The molecule has 1 heterocycles. The predicted octanol–water partition coefficient (Wildman–Crippen LogP) is 4.31. The Bertz CT molecular complexity index is 936. The number of ketones is 1. The van der Waals surface area contributed by atoms with Crippen LogP contribution >= 0.6 is 12.2 Å². The lowest BCUT2D eigenvalue weighted by atomic mass is 9.99. The van der Waals surface area contributed by atoms with Crippen molar-refractivity contribution in [2.75, 3.05) is 6.54 Å². The third-order valence-corrected chi connectivity index (χ3v) is 4.76. The molecule has 4 heteroatoms. The van der Waals surface area contributed by atoms with E-state index >= 15 is 0 Å². The van der Waals surface area contributed by atoms with E-state index < -0.39 is 6.04 Å². The lowest BCUT2D eigenvalue weighted by Gasteiger charge is -2.14. The average Bonchev–Trinajstić information content (AvgIpc) is 2.69. The van der Waals surface area contributed by atoms with Crippen LogP contribution in [0.4, 0.5) is 0 Å². The maximum Gasteiger partial charge on any atom is 0.270 e. The Labute approximate surface area is 165 Å². The molecule has 0 aliphatic carbocycles. The minimum Gasteiger partial charge on any atom is -0.374 e. The molecular formula is C23H23N2OS+. The van der Waals surface area contributed by atoms with Crippen molar-refractivity contribution >= 4 is 23.0 Å². The molecule has 0 saturated heterocycles. The van der Waals surface area contributed by atoms with E-state index in [4.69, 9.17) is 12.2 Å². The van der Waals surface area contributed by atoms with Crippen LogP contribution in [0.5, 0.6) is 0 Å². The first-order valence-corrected chi connectivity index (χ1v) is 9.46. The summed E-state index contributed by atoms with van der Waals surface area (Å²) in [6.07, 6.45) is 3.84. The molecule has 0 aliphatic heterocycles. The zero-order valence-electron chi connectivity index (χ0n) is 15.6. The third-order valence-electron chi connectivity index (χ3n) is 4.39. The van der Waals surface area contributed by atoms with Gasteiger partial charge in [-0.25, -0.2) is 0 Å². The zero-order chi connectivity index (χ0) is 19.2. The Kier molecular flexibility index (Phi) is 6.09. The molecule has 136 valence electrons. The molecule has 0 fully saturated rings. The van der Waals surface area contributed by atoms with Gasteiger partial charge in [0.05, 0.1) is 0 Å². The highest BCUT2D eigenvalue weighted by molar-refractivity contribution is 7.80. The van der Waals surface area contributed by atoms with Crippen LogP contribution in [0.1, 0.15) is 28.9 Å². The summed E-state index contributed by atoms with van der Waals surface area (Å²) in [5.74, 6) is -0.0174. The van der Waals surface area contributed by atoms with Crippen molar-refractivity contribution < 1.29 is 9.36 Å². The van der Waals surface area contributed by atoms with Crippen molar-refractivity contribution in [2.45, 2.75) is 19.9 Å². The lowest BCUT2D eigenvalue weighted by molar-refractivity contribution is -0.692. The SMILES string of the molecule is CCNC(=S)C(C(=O)c1ccc(-c2ccccc2)cc1)[n+]1cccc(C)c1. The third kappa shape index (κ3) is 4.47. The van der Waals surface area contributed by atoms with Crippen molar-refractivity contribution in [3.63, 3.8) is 0 Å². The van der Waals surface area contributed by atoms with E-state index in [-0.39, 0.29) is 5.78 Å². The van der Waals surface area contributed by atoms with Gasteiger partial charge in [-0.1, -0.05) is 66.8 Å². The summed E-state index contributed by atoms with van der Waals surface area (Å²) in [6, 6.07) is 21.2. The van der Waals surface area contributed by atoms with Gasteiger partial charge in [0, 0.05) is 23.7 Å². The van der Waals surface area contributed by atoms with Crippen LogP contribution in [0, 0.1) is 6.92 Å². The highest BCUT2D eigenvalue weighted by Crippen LogP contribution is 2.21. The number of likely N-dealkylation sites (N-methyl/N-ethyl adjacent to an activating group) is 1. The fourth-order valence-electron chi connectivity index (χ4n) is 3.05. The molecule has 0 bridgehead atoms. The standard InChI is InChI=1S/C23H22N2OS/c1-3-24-23(27)21(25-15-7-8-17(2)16-25)22(26)20-13-11-19(12-14-20)18-9-5-4-6-10-18/h4-16,21H,3H2,1-2H3/p+1. The normalized spacial score (nSPS) is 11.6. The van der Waals surface area contributed by atoms with Crippen LogP contribution in [0.15, 0.2) is 79.1 Å². The molecule has 1 aromatic heterocycles. The van der Waals surface area contributed by atoms with Crippen molar-refractivity contribution in [3.05, 3.63) is 90.3 Å². The molecule has 0 amide bonds. The molecule has 1 atom stereocenters. The number of benzene rings is 2. The van der Waals surface area contributed by atoms with Crippen LogP contribution < -0.4 is 9.88 Å². The molecular weight excluding hydrogens is 352 g/mol. The maximum atomic E-state index is 13.3. The van der Waals surface area contributed by atoms with Crippen molar-refractivity contribution in [1.29, 1.82) is 0 Å². The van der Waals surface area contributed by atoms with E-state index in [9.17, 15) is 4.79 Å². The smallest absolute Gasteiger partial charge is 0.270 e. The number of pyridine rings is 1. The Morgan fingerprint density at radius 3 is 2.30 bits per heavy atom. The molecule has 3 rings (SSSR count). The van der Waals surface area contributed by atoms with E-state index in [1.807, 2.05) is 85.4 Å². The summed E-state index contributed by atoms with van der Waals surface area (Å²) in [4.78, 5) is 13.8. The first-order valence-electron chi connectivity index (χ1n) is 9.05. The zero-order valence-corrected chi connectivity index (χ0v) is 16.4. The molecule has 0 saturated carbocycles. The number of Topliss-reactive ketones (excluding diaryl/α,β-unsaturated/α-hetero) is 1. The fourth-order valence-corrected chi connectivity index (χ4v) is 3.43. The van der Waals surface area contributed by atoms with Gasteiger partial charge in [-0.3, -0.25) is 4.79 Å². The first-order chi connectivity index (χ1) is 13.1. The van der Waals surface area contributed by atoms with E-state index in [1.54, 1.807) is 0 Å². The van der Waals surface area contributed by atoms with Gasteiger partial charge in [-0.15, -0.1) is 0 Å². The van der Waals surface area contributed by atoms with E-state index in [2.05, 4.69) is 17.4 Å². The van der Waals surface area contributed by atoms with Gasteiger partial charge in [-0.2, -0.15) is 4.57 Å². The van der Waals surface area contributed by atoms with Gasteiger partial charge >= 0.3 is 0 Å². The molecule has 1 N–H and O–H groups in total. The second kappa shape index (κ2) is 8.69. The minimum absolute atomic E-state index is 0.0174. The highest BCUT2D eigenvalue weighted by Gasteiger charge is 2.33. The number of carbonyl (C=O) groups is 1. The Hall–Kier alpha value is -2.85. The Balaban J connectivity index is 1.93. The number of nitrogens with zero attached hydrogens (tertiary/aromatic N) is 1. The van der Waals surface area contributed by atoms with Gasteiger partial charge in [0.1, 0.15) is 0 Å². The molecule has 1 unspecified atom stereocenters. The van der Waals surface area contributed by atoms with Gasteiger partial charge in [-0.05, 0) is 31.0 Å². The number of nitrogens with one attached hydrogen (secondary N) is 1. The van der Waals surface area contributed by atoms with E-state index in [0.29, 0.717) is 17.1 Å². The van der Waals surface area contributed by atoms with Gasteiger partial charge < -0.3 is 5.32 Å². The summed E-state index contributed by atoms with van der Waals surface area (Å²) in [5, 5.41) is 3.14. The topological polar surface area (TPSA) is 33.0 Å².